The van der Waals surface area contributed by atoms with Gasteiger partial charge in [0.25, 0.3) is 0 Å². The number of likely N-dealkylation sites (tertiary alicyclic amines) is 1. The zero-order valence-electron chi connectivity index (χ0n) is 14.8. The van der Waals surface area contributed by atoms with Gasteiger partial charge in [0.2, 0.25) is 0 Å². The van der Waals surface area contributed by atoms with Crippen LogP contribution in [0.1, 0.15) is 19.3 Å². The van der Waals surface area contributed by atoms with Crippen molar-refractivity contribution in [3.05, 3.63) is 60.8 Å². The summed E-state index contributed by atoms with van der Waals surface area (Å²) in [5.41, 5.74) is 3.17. The van der Waals surface area contributed by atoms with Crippen molar-refractivity contribution < 1.29 is 4.39 Å². The molecule has 4 nitrogen and oxygen atoms in total. The molecule has 4 rings (SSSR count). The lowest BCUT2D eigenvalue weighted by molar-refractivity contribution is 0.218. The van der Waals surface area contributed by atoms with Gasteiger partial charge in [-0.05, 0) is 55.8 Å². The van der Waals surface area contributed by atoms with Gasteiger partial charge in [-0.2, -0.15) is 5.10 Å². The van der Waals surface area contributed by atoms with Crippen molar-refractivity contribution in [2.45, 2.75) is 25.8 Å². The van der Waals surface area contributed by atoms with E-state index in [-0.39, 0.29) is 5.82 Å². The monoisotopic (exact) mass is 350 g/mol. The number of hydrogen-bond acceptors (Lipinski definition) is 3. The Balaban J connectivity index is 1.65. The Bertz CT molecular complexity index is 853. The van der Waals surface area contributed by atoms with Gasteiger partial charge in [-0.1, -0.05) is 18.6 Å². The van der Waals surface area contributed by atoms with Crippen LogP contribution in [0.15, 0.2) is 55.0 Å². The van der Waals surface area contributed by atoms with E-state index in [0.717, 1.165) is 24.2 Å². The summed E-state index contributed by atoms with van der Waals surface area (Å²) in [6.07, 6.45) is 9.43. The Kier molecular flexibility index (Phi) is 5.07. The molecule has 0 N–H and O–H groups in total. The van der Waals surface area contributed by atoms with Gasteiger partial charge in [0.05, 0.1) is 6.54 Å². The topological polar surface area (TPSA) is 34.0 Å². The summed E-state index contributed by atoms with van der Waals surface area (Å²) >= 11 is 0. The van der Waals surface area contributed by atoms with E-state index in [1.165, 1.54) is 38.4 Å². The molecule has 1 aromatic carbocycles. The van der Waals surface area contributed by atoms with Gasteiger partial charge in [0.15, 0.2) is 0 Å². The molecule has 3 aromatic rings. The Hall–Kier alpha value is -2.53. The van der Waals surface area contributed by atoms with Crippen molar-refractivity contribution in [3.8, 4) is 22.4 Å². The Morgan fingerprint density at radius 3 is 2.42 bits per heavy atom. The SMILES string of the molecule is Fc1ccccc1-c1nn(CCN2CCCCC2)cc1-c1ccncc1. The second-order valence-electron chi connectivity index (χ2n) is 6.77. The zero-order chi connectivity index (χ0) is 17.8. The first-order valence-electron chi connectivity index (χ1n) is 9.26. The van der Waals surface area contributed by atoms with Gasteiger partial charge in [-0.3, -0.25) is 9.67 Å². The molecular weight excluding hydrogens is 327 g/mol. The minimum Gasteiger partial charge on any atom is -0.301 e. The number of halogens is 1. The maximum atomic E-state index is 14.4. The minimum atomic E-state index is -0.246. The van der Waals surface area contributed by atoms with Crippen molar-refractivity contribution in [2.24, 2.45) is 0 Å². The fourth-order valence-corrected chi connectivity index (χ4v) is 3.56. The van der Waals surface area contributed by atoms with Gasteiger partial charge in [0, 0.05) is 36.3 Å². The second kappa shape index (κ2) is 7.79. The van der Waals surface area contributed by atoms with Gasteiger partial charge in [-0.25, -0.2) is 4.39 Å². The Morgan fingerprint density at radius 1 is 0.885 bits per heavy atom. The lowest BCUT2D eigenvalue weighted by Gasteiger charge is -2.26. The molecular formula is C21H23FN4. The first-order valence-corrected chi connectivity index (χ1v) is 9.26. The Morgan fingerprint density at radius 2 is 1.65 bits per heavy atom. The fraction of sp³-hybridized carbons (Fsp3) is 0.333. The number of hydrogen-bond donors (Lipinski definition) is 0. The molecule has 26 heavy (non-hydrogen) atoms. The molecule has 1 fully saturated rings. The summed E-state index contributed by atoms with van der Waals surface area (Å²) in [7, 11) is 0. The van der Waals surface area contributed by atoms with E-state index >= 15 is 0 Å². The molecule has 2 aromatic heterocycles. The third-order valence-electron chi connectivity index (χ3n) is 4.98. The molecule has 0 spiro atoms. The van der Waals surface area contributed by atoms with Crippen LogP contribution in [0.25, 0.3) is 22.4 Å². The predicted octanol–water partition coefficient (Wildman–Crippen LogP) is 4.24. The van der Waals surface area contributed by atoms with Crippen LogP contribution in [0.2, 0.25) is 0 Å². The molecule has 1 saturated heterocycles. The molecule has 0 atom stereocenters. The van der Waals surface area contributed by atoms with Crippen LogP contribution in [0.5, 0.6) is 0 Å². The molecule has 0 aliphatic carbocycles. The van der Waals surface area contributed by atoms with E-state index in [4.69, 9.17) is 5.10 Å². The number of benzene rings is 1. The number of piperidine rings is 1. The fourth-order valence-electron chi connectivity index (χ4n) is 3.56. The van der Waals surface area contributed by atoms with E-state index in [1.807, 2.05) is 29.1 Å². The average molecular weight is 350 g/mol. The van der Waals surface area contributed by atoms with Crippen molar-refractivity contribution >= 4 is 0 Å². The maximum Gasteiger partial charge on any atom is 0.132 e. The molecule has 0 radical (unpaired) electrons. The van der Waals surface area contributed by atoms with E-state index in [9.17, 15) is 4.39 Å². The second-order valence-corrected chi connectivity index (χ2v) is 6.77. The summed E-state index contributed by atoms with van der Waals surface area (Å²) in [4.78, 5) is 6.57. The highest BCUT2D eigenvalue weighted by Crippen LogP contribution is 2.32. The van der Waals surface area contributed by atoms with Gasteiger partial charge in [0.1, 0.15) is 11.5 Å². The first kappa shape index (κ1) is 16.9. The number of pyridine rings is 1. The number of nitrogens with zero attached hydrogens (tertiary/aromatic N) is 4. The normalized spacial score (nSPS) is 15.3. The number of aromatic nitrogens is 3. The van der Waals surface area contributed by atoms with Crippen molar-refractivity contribution in [3.63, 3.8) is 0 Å². The van der Waals surface area contributed by atoms with E-state index in [0.29, 0.717) is 11.3 Å². The smallest absolute Gasteiger partial charge is 0.132 e. The summed E-state index contributed by atoms with van der Waals surface area (Å²) in [5, 5.41) is 4.73. The predicted molar refractivity (Wildman–Crippen MR) is 101 cm³/mol. The van der Waals surface area contributed by atoms with Crippen LogP contribution >= 0.6 is 0 Å². The van der Waals surface area contributed by atoms with Crippen molar-refractivity contribution in [2.75, 3.05) is 19.6 Å². The minimum absolute atomic E-state index is 0.246. The molecule has 134 valence electrons. The van der Waals surface area contributed by atoms with E-state index in [2.05, 4.69) is 9.88 Å². The van der Waals surface area contributed by atoms with E-state index < -0.39 is 0 Å². The molecule has 1 aliphatic rings. The molecule has 0 saturated carbocycles. The molecule has 0 bridgehead atoms. The average Bonchev–Trinajstić information content (AvgIpc) is 3.12. The van der Waals surface area contributed by atoms with E-state index in [1.54, 1.807) is 24.5 Å². The maximum absolute atomic E-state index is 14.4. The third kappa shape index (κ3) is 3.68. The quantitative estimate of drug-likeness (QED) is 0.690. The number of rotatable bonds is 5. The van der Waals surface area contributed by atoms with Crippen LogP contribution in [-0.4, -0.2) is 39.3 Å². The summed E-state index contributed by atoms with van der Waals surface area (Å²) < 4.78 is 16.3. The van der Waals surface area contributed by atoms with Crippen LogP contribution < -0.4 is 0 Å². The van der Waals surface area contributed by atoms with Gasteiger partial charge in [-0.15, -0.1) is 0 Å². The van der Waals surface area contributed by atoms with Crippen LogP contribution in [0, 0.1) is 5.82 Å². The third-order valence-corrected chi connectivity index (χ3v) is 4.98. The molecule has 5 heteroatoms. The summed E-state index contributed by atoms with van der Waals surface area (Å²) in [6, 6.07) is 10.7. The molecule has 3 heterocycles. The lowest BCUT2D eigenvalue weighted by Crippen LogP contribution is -2.32. The largest absolute Gasteiger partial charge is 0.301 e. The highest BCUT2D eigenvalue weighted by molar-refractivity contribution is 5.80. The van der Waals surface area contributed by atoms with Crippen LogP contribution in [0.3, 0.4) is 0 Å². The Labute approximate surface area is 153 Å². The summed E-state index contributed by atoms with van der Waals surface area (Å²) in [5.74, 6) is -0.246. The molecule has 0 amide bonds. The van der Waals surface area contributed by atoms with Crippen LogP contribution in [0.4, 0.5) is 4.39 Å². The van der Waals surface area contributed by atoms with Gasteiger partial charge >= 0.3 is 0 Å². The zero-order valence-corrected chi connectivity index (χ0v) is 14.8. The first-order chi connectivity index (χ1) is 12.8. The molecule has 1 aliphatic heterocycles. The standard InChI is InChI=1S/C21H23FN4/c22-20-7-3-2-6-18(20)21-19(17-8-10-23-11-9-17)16-26(24-21)15-14-25-12-4-1-5-13-25/h2-3,6-11,16H,1,4-5,12-15H2. The molecule has 0 unspecified atom stereocenters. The highest BCUT2D eigenvalue weighted by atomic mass is 19.1. The lowest BCUT2D eigenvalue weighted by atomic mass is 10.0. The van der Waals surface area contributed by atoms with Crippen molar-refractivity contribution in [1.82, 2.24) is 19.7 Å². The van der Waals surface area contributed by atoms with Gasteiger partial charge < -0.3 is 4.90 Å². The summed E-state index contributed by atoms with van der Waals surface area (Å²) in [6.45, 7) is 4.12. The van der Waals surface area contributed by atoms with Crippen LogP contribution in [-0.2, 0) is 6.54 Å². The highest BCUT2D eigenvalue weighted by Gasteiger charge is 2.17. The van der Waals surface area contributed by atoms with Crippen molar-refractivity contribution in [1.29, 1.82) is 0 Å².